The minimum atomic E-state index is 0.780. The molecule has 2 saturated heterocycles. The average Bonchev–Trinajstić information content (AvgIpc) is 2.79. The number of rotatable bonds is 3. The lowest BCUT2D eigenvalue weighted by atomic mass is 10.1. The number of halogens is 1. The van der Waals surface area contributed by atoms with E-state index in [9.17, 15) is 0 Å². The third-order valence-corrected chi connectivity index (χ3v) is 6.23. The largest absolute Gasteiger partial charge is 0.368 e. The summed E-state index contributed by atoms with van der Waals surface area (Å²) in [5, 5.41) is 1.94. The SMILES string of the molecule is Clc1ccc(N2CCN(c3nc(N4CCCCC4)c4ccccc4n3)CC2)cc1. The number of piperazine rings is 1. The van der Waals surface area contributed by atoms with Crippen LogP contribution in [0.1, 0.15) is 19.3 Å². The Bertz CT molecular complexity index is 976. The summed E-state index contributed by atoms with van der Waals surface area (Å²) in [7, 11) is 0. The molecule has 0 atom stereocenters. The summed E-state index contributed by atoms with van der Waals surface area (Å²) >= 11 is 6.03. The molecule has 2 aliphatic heterocycles. The molecular formula is C23H26ClN5. The van der Waals surface area contributed by atoms with Gasteiger partial charge < -0.3 is 14.7 Å². The fourth-order valence-electron chi connectivity index (χ4n) is 4.35. The third kappa shape index (κ3) is 3.84. The third-order valence-electron chi connectivity index (χ3n) is 5.98. The van der Waals surface area contributed by atoms with E-state index in [1.165, 1.54) is 24.9 Å². The lowest BCUT2D eigenvalue weighted by Crippen LogP contribution is -2.47. The van der Waals surface area contributed by atoms with Gasteiger partial charge in [-0.1, -0.05) is 23.7 Å². The molecule has 0 aliphatic carbocycles. The van der Waals surface area contributed by atoms with Crippen LogP contribution in [0.2, 0.25) is 5.02 Å². The molecule has 0 radical (unpaired) electrons. The van der Waals surface area contributed by atoms with Gasteiger partial charge in [0, 0.05) is 55.4 Å². The Morgan fingerprint density at radius 1 is 0.655 bits per heavy atom. The van der Waals surface area contributed by atoms with Crippen molar-refractivity contribution in [3.63, 3.8) is 0 Å². The number of nitrogens with zero attached hydrogens (tertiary/aromatic N) is 5. The van der Waals surface area contributed by atoms with Gasteiger partial charge in [0.25, 0.3) is 0 Å². The summed E-state index contributed by atoms with van der Waals surface area (Å²) in [5.41, 5.74) is 2.26. The molecular weight excluding hydrogens is 382 g/mol. The second-order valence-electron chi connectivity index (χ2n) is 7.86. The highest BCUT2D eigenvalue weighted by Gasteiger charge is 2.22. The van der Waals surface area contributed by atoms with Crippen LogP contribution in [-0.4, -0.2) is 49.2 Å². The Morgan fingerprint density at radius 2 is 1.34 bits per heavy atom. The van der Waals surface area contributed by atoms with Crippen molar-refractivity contribution >= 4 is 40.0 Å². The van der Waals surface area contributed by atoms with Crippen LogP contribution >= 0.6 is 11.6 Å². The molecule has 6 heteroatoms. The number of piperidine rings is 1. The van der Waals surface area contributed by atoms with Crippen molar-refractivity contribution in [3.05, 3.63) is 53.6 Å². The molecule has 5 nitrogen and oxygen atoms in total. The number of anilines is 3. The van der Waals surface area contributed by atoms with Crippen molar-refractivity contribution in [1.82, 2.24) is 9.97 Å². The second-order valence-corrected chi connectivity index (χ2v) is 8.30. The standard InChI is InChI=1S/C23H26ClN5/c24-18-8-10-19(11-9-18)27-14-16-29(17-15-27)23-25-21-7-3-2-6-20(21)22(26-23)28-12-4-1-5-13-28/h2-3,6-11H,1,4-5,12-17H2. The van der Waals surface area contributed by atoms with Crippen LogP contribution in [0.15, 0.2) is 48.5 Å². The fraction of sp³-hybridized carbons (Fsp3) is 0.391. The molecule has 5 rings (SSSR count). The molecule has 0 bridgehead atoms. The number of hydrogen-bond donors (Lipinski definition) is 0. The molecule has 3 aromatic rings. The molecule has 150 valence electrons. The monoisotopic (exact) mass is 407 g/mol. The summed E-state index contributed by atoms with van der Waals surface area (Å²) in [4.78, 5) is 17.2. The lowest BCUT2D eigenvalue weighted by molar-refractivity contribution is 0.573. The van der Waals surface area contributed by atoms with Crippen LogP contribution in [0.25, 0.3) is 10.9 Å². The second kappa shape index (κ2) is 8.07. The van der Waals surface area contributed by atoms with E-state index >= 15 is 0 Å². The molecule has 0 spiro atoms. The Kier molecular flexibility index (Phi) is 5.15. The summed E-state index contributed by atoms with van der Waals surface area (Å²) in [5.74, 6) is 1.96. The van der Waals surface area contributed by atoms with Crippen LogP contribution in [0, 0.1) is 0 Å². The molecule has 0 N–H and O–H groups in total. The van der Waals surface area contributed by atoms with Crippen LogP contribution in [0.5, 0.6) is 0 Å². The first kappa shape index (κ1) is 18.5. The van der Waals surface area contributed by atoms with Crippen molar-refractivity contribution in [1.29, 1.82) is 0 Å². The van der Waals surface area contributed by atoms with Gasteiger partial charge in [0.15, 0.2) is 0 Å². The van der Waals surface area contributed by atoms with Crippen LogP contribution in [0.3, 0.4) is 0 Å². The van der Waals surface area contributed by atoms with Gasteiger partial charge in [0.2, 0.25) is 5.95 Å². The van der Waals surface area contributed by atoms with Gasteiger partial charge in [-0.3, -0.25) is 0 Å². The van der Waals surface area contributed by atoms with Crippen molar-refractivity contribution < 1.29 is 0 Å². The van der Waals surface area contributed by atoms with Crippen LogP contribution in [-0.2, 0) is 0 Å². The van der Waals surface area contributed by atoms with E-state index in [0.29, 0.717) is 0 Å². The number of para-hydroxylation sites is 1. The van der Waals surface area contributed by atoms with Crippen molar-refractivity contribution in [2.45, 2.75) is 19.3 Å². The highest BCUT2D eigenvalue weighted by molar-refractivity contribution is 6.30. The Labute approximate surface area is 176 Å². The van der Waals surface area contributed by atoms with Crippen LogP contribution in [0.4, 0.5) is 17.5 Å². The summed E-state index contributed by atoms with van der Waals surface area (Å²) in [6, 6.07) is 16.5. The first-order valence-corrected chi connectivity index (χ1v) is 10.9. The maximum atomic E-state index is 6.03. The highest BCUT2D eigenvalue weighted by atomic mass is 35.5. The number of benzene rings is 2. The maximum absolute atomic E-state index is 6.03. The predicted molar refractivity (Wildman–Crippen MR) is 121 cm³/mol. The maximum Gasteiger partial charge on any atom is 0.228 e. The zero-order valence-electron chi connectivity index (χ0n) is 16.6. The van der Waals surface area contributed by atoms with E-state index < -0.39 is 0 Å². The van der Waals surface area contributed by atoms with Crippen molar-refractivity contribution in [2.75, 3.05) is 54.0 Å². The van der Waals surface area contributed by atoms with E-state index in [4.69, 9.17) is 21.6 Å². The van der Waals surface area contributed by atoms with E-state index in [1.54, 1.807) is 0 Å². The minimum Gasteiger partial charge on any atom is -0.368 e. The van der Waals surface area contributed by atoms with Crippen molar-refractivity contribution in [2.24, 2.45) is 0 Å². The van der Waals surface area contributed by atoms with E-state index in [1.807, 2.05) is 12.1 Å². The van der Waals surface area contributed by atoms with Gasteiger partial charge in [-0.2, -0.15) is 4.98 Å². The van der Waals surface area contributed by atoms with Crippen LogP contribution < -0.4 is 14.7 Å². The van der Waals surface area contributed by atoms with Gasteiger partial charge in [-0.05, 0) is 55.7 Å². The smallest absolute Gasteiger partial charge is 0.228 e. The first-order valence-electron chi connectivity index (χ1n) is 10.6. The minimum absolute atomic E-state index is 0.780. The number of fused-ring (bicyclic) bond motifs is 1. The van der Waals surface area contributed by atoms with Gasteiger partial charge >= 0.3 is 0 Å². The zero-order valence-corrected chi connectivity index (χ0v) is 17.4. The lowest BCUT2D eigenvalue weighted by Gasteiger charge is -2.37. The first-order chi connectivity index (χ1) is 14.3. The molecule has 0 saturated carbocycles. The molecule has 2 aliphatic rings. The Morgan fingerprint density at radius 3 is 2.10 bits per heavy atom. The molecule has 1 aromatic heterocycles. The summed E-state index contributed by atoms with van der Waals surface area (Å²) in [6.45, 7) is 5.92. The van der Waals surface area contributed by atoms with Gasteiger partial charge in [-0.25, -0.2) is 4.98 Å². The van der Waals surface area contributed by atoms with E-state index in [2.05, 4.69) is 51.1 Å². The van der Waals surface area contributed by atoms with Gasteiger partial charge in [0.05, 0.1) is 5.52 Å². The zero-order chi connectivity index (χ0) is 19.6. The molecule has 2 fully saturated rings. The predicted octanol–water partition coefficient (Wildman–Crippen LogP) is 4.60. The Hall–Kier alpha value is -2.53. The molecule has 29 heavy (non-hydrogen) atoms. The molecule has 3 heterocycles. The fourth-order valence-corrected chi connectivity index (χ4v) is 4.48. The molecule has 0 unspecified atom stereocenters. The number of hydrogen-bond acceptors (Lipinski definition) is 5. The normalized spacial score (nSPS) is 17.8. The average molecular weight is 408 g/mol. The van der Waals surface area contributed by atoms with Gasteiger partial charge in [0.1, 0.15) is 5.82 Å². The van der Waals surface area contributed by atoms with Crippen molar-refractivity contribution in [3.8, 4) is 0 Å². The number of aromatic nitrogens is 2. The topological polar surface area (TPSA) is 35.5 Å². The molecule has 2 aromatic carbocycles. The van der Waals surface area contributed by atoms with E-state index in [0.717, 1.165) is 67.0 Å². The molecule has 0 amide bonds. The van der Waals surface area contributed by atoms with Gasteiger partial charge in [-0.15, -0.1) is 0 Å². The Balaban J connectivity index is 1.39. The quantitative estimate of drug-likeness (QED) is 0.634. The highest BCUT2D eigenvalue weighted by Crippen LogP contribution is 2.29. The van der Waals surface area contributed by atoms with E-state index in [-0.39, 0.29) is 0 Å². The summed E-state index contributed by atoms with van der Waals surface area (Å²) in [6.07, 6.45) is 3.81. The summed E-state index contributed by atoms with van der Waals surface area (Å²) < 4.78 is 0.